The van der Waals surface area contributed by atoms with Crippen LogP contribution >= 0.6 is 11.3 Å². The Kier molecular flexibility index (Phi) is 7.35. The number of anilines is 1. The van der Waals surface area contributed by atoms with Gasteiger partial charge in [0.05, 0.1) is 22.7 Å². The van der Waals surface area contributed by atoms with Crippen molar-refractivity contribution >= 4 is 38.2 Å². The third kappa shape index (κ3) is 5.29. The topological polar surface area (TPSA) is 122 Å². The molecule has 1 aromatic heterocycles. The van der Waals surface area contributed by atoms with Crippen molar-refractivity contribution in [2.24, 2.45) is 5.73 Å². The minimum atomic E-state index is -3.70. The van der Waals surface area contributed by atoms with Crippen LogP contribution in [0.5, 0.6) is 0 Å². The number of benzene rings is 1. The molecular formula is C24H32N4O5S2. The molecule has 2 aliphatic rings. The smallest absolute Gasteiger partial charge is 0.256 e. The van der Waals surface area contributed by atoms with Crippen molar-refractivity contribution in [2.45, 2.75) is 63.8 Å². The van der Waals surface area contributed by atoms with Gasteiger partial charge in [-0.3, -0.25) is 14.5 Å². The number of carbonyl (C=O) groups is 2. The van der Waals surface area contributed by atoms with E-state index in [1.165, 1.54) is 39.9 Å². The fourth-order valence-electron chi connectivity index (χ4n) is 4.64. The summed E-state index contributed by atoms with van der Waals surface area (Å²) in [5.41, 5.74) is 7.24. The van der Waals surface area contributed by atoms with Gasteiger partial charge in [-0.2, -0.15) is 4.31 Å². The summed E-state index contributed by atoms with van der Waals surface area (Å²) in [4.78, 5) is 28.7. The number of carbonyl (C=O) groups excluding carboxylic acids is 2. The molecule has 0 saturated carbocycles. The second-order valence-corrected chi connectivity index (χ2v) is 12.5. The molecule has 0 unspecified atom stereocenters. The van der Waals surface area contributed by atoms with Crippen LogP contribution in [0.4, 0.5) is 5.00 Å². The summed E-state index contributed by atoms with van der Waals surface area (Å²) in [5, 5.41) is 3.26. The molecule has 4 rings (SSSR count). The van der Waals surface area contributed by atoms with E-state index in [4.69, 9.17) is 10.5 Å². The van der Waals surface area contributed by atoms with E-state index in [-0.39, 0.29) is 30.2 Å². The second kappa shape index (κ2) is 9.98. The number of nitrogens with two attached hydrogens (primary N) is 1. The van der Waals surface area contributed by atoms with Crippen LogP contribution in [0.2, 0.25) is 0 Å². The fraction of sp³-hybridized carbons (Fsp3) is 0.500. The number of sulfonamides is 1. The molecule has 2 aliphatic heterocycles. The molecule has 1 saturated heterocycles. The van der Waals surface area contributed by atoms with Gasteiger partial charge in [-0.25, -0.2) is 8.42 Å². The number of hydrogen-bond donors (Lipinski definition) is 2. The van der Waals surface area contributed by atoms with E-state index in [9.17, 15) is 18.0 Å². The highest BCUT2D eigenvalue weighted by molar-refractivity contribution is 7.89. The Morgan fingerprint density at radius 1 is 1.14 bits per heavy atom. The average molecular weight is 521 g/mol. The number of thiophene rings is 1. The Labute approximate surface area is 210 Å². The predicted molar refractivity (Wildman–Crippen MR) is 135 cm³/mol. The first-order valence-electron chi connectivity index (χ1n) is 11.7. The number of primary amides is 1. The number of morpholine rings is 1. The van der Waals surface area contributed by atoms with Crippen molar-refractivity contribution in [1.29, 1.82) is 0 Å². The number of hydrogen-bond acceptors (Lipinski definition) is 7. The van der Waals surface area contributed by atoms with Gasteiger partial charge in [0.2, 0.25) is 10.0 Å². The zero-order chi connectivity index (χ0) is 25.5. The highest BCUT2D eigenvalue weighted by atomic mass is 32.2. The molecule has 35 heavy (non-hydrogen) atoms. The van der Waals surface area contributed by atoms with E-state index < -0.39 is 21.8 Å². The summed E-state index contributed by atoms with van der Waals surface area (Å²) in [6.45, 7) is 10.0. The molecule has 9 nitrogen and oxygen atoms in total. The Hall–Kier alpha value is -2.31. The first-order chi connectivity index (χ1) is 16.5. The quantitative estimate of drug-likeness (QED) is 0.604. The Morgan fingerprint density at radius 2 is 1.77 bits per heavy atom. The van der Waals surface area contributed by atoms with Gasteiger partial charge >= 0.3 is 0 Å². The zero-order valence-electron chi connectivity index (χ0n) is 20.4. The van der Waals surface area contributed by atoms with Crippen LogP contribution < -0.4 is 11.1 Å². The van der Waals surface area contributed by atoms with Crippen LogP contribution in [-0.4, -0.2) is 67.3 Å². The van der Waals surface area contributed by atoms with E-state index in [0.717, 1.165) is 17.0 Å². The van der Waals surface area contributed by atoms with Gasteiger partial charge in [-0.15, -0.1) is 11.3 Å². The Bertz CT molecular complexity index is 1210. The van der Waals surface area contributed by atoms with Crippen LogP contribution in [0.3, 0.4) is 0 Å². The standard InChI is InChI=1S/C24H32N4O5S2/c1-14(2)27-10-9-19-20(13-27)34-24(21(19)22(25)29)26-23(30)17-5-7-18(8-6-17)35(31,32)28-11-15(3)33-16(4)12-28/h5-8,14-16H,9-13H2,1-4H3,(H2,25,29)(H,26,30)/t15-,16+. The summed E-state index contributed by atoms with van der Waals surface area (Å²) in [6.07, 6.45) is 0.313. The minimum absolute atomic E-state index is 0.119. The monoisotopic (exact) mass is 520 g/mol. The third-order valence-electron chi connectivity index (χ3n) is 6.43. The van der Waals surface area contributed by atoms with Crippen molar-refractivity contribution in [2.75, 3.05) is 25.0 Å². The molecule has 190 valence electrons. The summed E-state index contributed by atoms with van der Waals surface area (Å²) in [6, 6.07) is 6.20. The van der Waals surface area contributed by atoms with Crippen molar-refractivity contribution in [3.05, 3.63) is 45.8 Å². The van der Waals surface area contributed by atoms with E-state index in [0.29, 0.717) is 35.1 Å². The summed E-state index contributed by atoms with van der Waals surface area (Å²) >= 11 is 1.37. The van der Waals surface area contributed by atoms with Gasteiger partial charge in [-0.1, -0.05) is 0 Å². The highest BCUT2D eigenvalue weighted by Gasteiger charge is 2.32. The highest BCUT2D eigenvalue weighted by Crippen LogP contribution is 2.37. The van der Waals surface area contributed by atoms with Gasteiger partial charge in [0.1, 0.15) is 5.00 Å². The second-order valence-electron chi connectivity index (χ2n) is 9.44. The molecular weight excluding hydrogens is 488 g/mol. The summed E-state index contributed by atoms with van der Waals surface area (Å²) in [7, 11) is -3.70. The molecule has 1 aromatic carbocycles. The molecule has 2 atom stereocenters. The van der Waals surface area contributed by atoms with E-state index in [2.05, 4.69) is 24.1 Å². The molecule has 1 fully saturated rings. The molecule has 0 bridgehead atoms. The van der Waals surface area contributed by atoms with Crippen LogP contribution in [0, 0.1) is 0 Å². The average Bonchev–Trinajstić information content (AvgIpc) is 3.15. The third-order valence-corrected chi connectivity index (χ3v) is 9.41. The van der Waals surface area contributed by atoms with Gasteiger partial charge in [0.15, 0.2) is 0 Å². The SMILES string of the molecule is CC(C)N1CCc2c(sc(NC(=O)c3ccc(S(=O)(=O)N4C[C@@H](C)O[C@@H](C)C4)cc3)c2C(N)=O)C1. The lowest BCUT2D eigenvalue weighted by Crippen LogP contribution is -2.48. The van der Waals surface area contributed by atoms with E-state index in [1.807, 2.05) is 13.8 Å². The van der Waals surface area contributed by atoms with Crippen LogP contribution in [-0.2, 0) is 27.7 Å². The lowest BCUT2D eigenvalue weighted by Gasteiger charge is -2.34. The molecule has 11 heteroatoms. The largest absolute Gasteiger partial charge is 0.373 e. The van der Waals surface area contributed by atoms with Crippen LogP contribution in [0.1, 0.15) is 58.9 Å². The Morgan fingerprint density at radius 3 is 2.34 bits per heavy atom. The number of ether oxygens (including phenoxy) is 1. The predicted octanol–water partition coefficient (Wildman–Crippen LogP) is 2.66. The lowest BCUT2D eigenvalue weighted by atomic mass is 10.0. The molecule has 0 aliphatic carbocycles. The van der Waals surface area contributed by atoms with Crippen molar-refractivity contribution in [3.8, 4) is 0 Å². The molecule has 0 radical (unpaired) electrons. The Balaban J connectivity index is 1.53. The number of amides is 2. The van der Waals surface area contributed by atoms with Crippen LogP contribution in [0.15, 0.2) is 29.2 Å². The normalized spacial score (nSPS) is 21.6. The zero-order valence-corrected chi connectivity index (χ0v) is 22.0. The molecule has 3 N–H and O–H groups in total. The minimum Gasteiger partial charge on any atom is -0.373 e. The van der Waals surface area contributed by atoms with Gasteiger partial charge in [-0.05, 0) is 63.9 Å². The summed E-state index contributed by atoms with van der Waals surface area (Å²) in [5.74, 6) is -0.990. The van der Waals surface area contributed by atoms with E-state index >= 15 is 0 Å². The molecule has 2 amide bonds. The maximum Gasteiger partial charge on any atom is 0.256 e. The maximum atomic E-state index is 13.1. The molecule has 2 aromatic rings. The summed E-state index contributed by atoms with van der Waals surface area (Å²) < 4.78 is 33.2. The fourth-order valence-corrected chi connectivity index (χ4v) is 7.51. The van der Waals surface area contributed by atoms with Crippen molar-refractivity contribution in [3.63, 3.8) is 0 Å². The van der Waals surface area contributed by atoms with Gasteiger partial charge in [0, 0.05) is 42.7 Å². The first-order valence-corrected chi connectivity index (χ1v) is 14.0. The lowest BCUT2D eigenvalue weighted by molar-refractivity contribution is -0.0440. The first kappa shape index (κ1) is 25.8. The number of nitrogens with zero attached hydrogens (tertiary/aromatic N) is 2. The van der Waals surface area contributed by atoms with Crippen LogP contribution in [0.25, 0.3) is 0 Å². The van der Waals surface area contributed by atoms with Gasteiger partial charge < -0.3 is 15.8 Å². The molecule has 3 heterocycles. The van der Waals surface area contributed by atoms with E-state index in [1.54, 1.807) is 0 Å². The molecule has 0 spiro atoms. The van der Waals surface area contributed by atoms with Crippen molar-refractivity contribution < 1.29 is 22.7 Å². The number of nitrogens with one attached hydrogen (secondary N) is 1. The maximum absolute atomic E-state index is 13.1. The van der Waals surface area contributed by atoms with Crippen molar-refractivity contribution in [1.82, 2.24) is 9.21 Å². The van der Waals surface area contributed by atoms with Gasteiger partial charge in [0.25, 0.3) is 11.8 Å². The number of fused-ring (bicyclic) bond motifs is 1. The number of rotatable bonds is 6.